The van der Waals surface area contributed by atoms with E-state index in [0.29, 0.717) is 18.7 Å². The van der Waals surface area contributed by atoms with E-state index in [2.05, 4.69) is 17.2 Å². The van der Waals surface area contributed by atoms with E-state index in [1.807, 2.05) is 13.8 Å². The Morgan fingerprint density at radius 2 is 2.05 bits per heavy atom. The van der Waals surface area contributed by atoms with E-state index in [1.165, 1.54) is 12.1 Å². The van der Waals surface area contributed by atoms with Crippen LogP contribution in [0.2, 0.25) is 0 Å². The van der Waals surface area contributed by atoms with Crippen molar-refractivity contribution in [2.45, 2.75) is 25.7 Å². The SMILES string of the molecule is C=CCNC(=O)NCC1(c2ccc(F)cc2F)CC1(C)C. The highest BCUT2D eigenvalue weighted by Crippen LogP contribution is 2.64. The van der Waals surface area contributed by atoms with Gasteiger partial charge < -0.3 is 10.6 Å². The van der Waals surface area contributed by atoms with Crippen molar-refractivity contribution in [2.75, 3.05) is 13.1 Å². The molecule has 0 bridgehead atoms. The predicted octanol–water partition coefficient (Wildman–Crippen LogP) is 3.12. The number of carbonyl (C=O) groups is 1. The van der Waals surface area contributed by atoms with E-state index < -0.39 is 17.0 Å². The molecule has 2 N–H and O–H groups in total. The summed E-state index contributed by atoms with van der Waals surface area (Å²) in [6.07, 6.45) is 2.32. The van der Waals surface area contributed by atoms with Crippen LogP contribution in [0.4, 0.5) is 13.6 Å². The van der Waals surface area contributed by atoms with Gasteiger partial charge in [-0.15, -0.1) is 6.58 Å². The van der Waals surface area contributed by atoms with Crippen LogP contribution in [-0.4, -0.2) is 19.1 Å². The number of hydrogen-bond donors (Lipinski definition) is 2. The molecule has 2 amide bonds. The third kappa shape index (κ3) is 2.91. The minimum absolute atomic E-state index is 0.141. The van der Waals surface area contributed by atoms with Gasteiger partial charge in [0.15, 0.2) is 0 Å². The number of carbonyl (C=O) groups excluding carboxylic acids is 1. The molecule has 5 heteroatoms. The van der Waals surface area contributed by atoms with E-state index in [-0.39, 0.29) is 11.4 Å². The molecule has 1 aliphatic carbocycles. The molecule has 1 aromatic carbocycles. The maximum atomic E-state index is 14.1. The van der Waals surface area contributed by atoms with Crippen molar-refractivity contribution in [3.63, 3.8) is 0 Å². The molecule has 0 aliphatic heterocycles. The Morgan fingerprint density at radius 1 is 1.38 bits per heavy atom. The maximum absolute atomic E-state index is 14.1. The average Bonchev–Trinajstić information content (AvgIpc) is 2.96. The molecule has 1 aromatic rings. The lowest BCUT2D eigenvalue weighted by Crippen LogP contribution is -2.41. The molecule has 1 unspecified atom stereocenters. The van der Waals surface area contributed by atoms with Gasteiger partial charge in [-0.25, -0.2) is 13.6 Å². The summed E-state index contributed by atoms with van der Waals surface area (Å²) in [5, 5.41) is 5.37. The summed E-state index contributed by atoms with van der Waals surface area (Å²) in [7, 11) is 0. The molecule has 1 fully saturated rings. The van der Waals surface area contributed by atoms with Crippen molar-refractivity contribution >= 4 is 6.03 Å². The molecular weight excluding hydrogens is 274 g/mol. The van der Waals surface area contributed by atoms with Gasteiger partial charge in [0.2, 0.25) is 0 Å². The number of hydrogen-bond acceptors (Lipinski definition) is 1. The lowest BCUT2D eigenvalue weighted by Gasteiger charge is -2.22. The van der Waals surface area contributed by atoms with Crippen LogP contribution in [-0.2, 0) is 5.41 Å². The van der Waals surface area contributed by atoms with Gasteiger partial charge in [0, 0.05) is 24.6 Å². The lowest BCUT2D eigenvalue weighted by atomic mass is 9.87. The van der Waals surface area contributed by atoms with Crippen molar-refractivity contribution in [2.24, 2.45) is 5.41 Å². The van der Waals surface area contributed by atoms with Gasteiger partial charge in [-0.2, -0.15) is 0 Å². The van der Waals surface area contributed by atoms with Gasteiger partial charge in [0.1, 0.15) is 11.6 Å². The number of nitrogens with one attached hydrogen (secondary N) is 2. The summed E-state index contributed by atoms with van der Waals surface area (Å²) in [6, 6.07) is 3.30. The van der Waals surface area contributed by atoms with Crippen LogP contribution in [0.25, 0.3) is 0 Å². The molecule has 1 saturated carbocycles. The zero-order chi connectivity index (χ0) is 15.7. The van der Waals surface area contributed by atoms with E-state index in [4.69, 9.17) is 0 Å². The van der Waals surface area contributed by atoms with E-state index in [1.54, 1.807) is 6.08 Å². The van der Waals surface area contributed by atoms with Crippen LogP contribution in [0.1, 0.15) is 25.8 Å². The Balaban J connectivity index is 2.15. The fourth-order valence-electron chi connectivity index (χ4n) is 2.90. The first-order valence-corrected chi connectivity index (χ1v) is 6.90. The number of benzene rings is 1. The van der Waals surface area contributed by atoms with Crippen molar-refractivity contribution < 1.29 is 13.6 Å². The number of urea groups is 1. The second-order valence-corrected chi connectivity index (χ2v) is 6.12. The Bertz CT molecular complexity index is 571. The Labute approximate surface area is 123 Å². The summed E-state index contributed by atoms with van der Waals surface area (Å²) in [5.74, 6) is -1.16. The largest absolute Gasteiger partial charge is 0.337 e. The van der Waals surface area contributed by atoms with E-state index in [9.17, 15) is 13.6 Å². The average molecular weight is 294 g/mol. The van der Waals surface area contributed by atoms with Crippen LogP contribution in [0, 0.1) is 17.0 Å². The molecular formula is C16H20F2N2O. The topological polar surface area (TPSA) is 41.1 Å². The van der Waals surface area contributed by atoms with Gasteiger partial charge in [-0.05, 0) is 23.5 Å². The van der Waals surface area contributed by atoms with Gasteiger partial charge in [0.05, 0.1) is 0 Å². The fraction of sp³-hybridized carbons (Fsp3) is 0.438. The maximum Gasteiger partial charge on any atom is 0.315 e. The van der Waals surface area contributed by atoms with Crippen LogP contribution in [0.3, 0.4) is 0 Å². The first kappa shape index (κ1) is 15.5. The summed E-state index contributed by atoms with van der Waals surface area (Å²) >= 11 is 0. The molecule has 0 saturated heterocycles. The number of rotatable bonds is 5. The quantitative estimate of drug-likeness (QED) is 0.805. The monoisotopic (exact) mass is 294 g/mol. The lowest BCUT2D eigenvalue weighted by molar-refractivity contribution is 0.240. The molecule has 21 heavy (non-hydrogen) atoms. The van der Waals surface area contributed by atoms with E-state index in [0.717, 1.165) is 12.5 Å². The number of halogens is 2. The van der Waals surface area contributed by atoms with Crippen molar-refractivity contribution in [3.8, 4) is 0 Å². The molecule has 3 nitrogen and oxygen atoms in total. The zero-order valence-electron chi connectivity index (χ0n) is 12.3. The second-order valence-electron chi connectivity index (χ2n) is 6.12. The van der Waals surface area contributed by atoms with Gasteiger partial charge >= 0.3 is 6.03 Å². The van der Waals surface area contributed by atoms with Gasteiger partial charge in [-0.1, -0.05) is 26.0 Å². The minimum atomic E-state index is -0.596. The second kappa shape index (κ2) is 5.47. The zero-order valence-corrected chi connectivity index (χ0v) is 12.3. The van der Waals surface area contributed by atoms with Crippen molar-refractivity contribution in [1.82, 2.24) is 10.6 Å². The smallest absolute Gasteiger partial charge is 0.315 e. The summed E-state index contributed by atoms with van der Waals surface area (Å²) < 4.78 is 27.1. The summed E-state index contributed by atoms with van der Waals surface area (Å²) in [6.45, 7) is 8.22. The molecule has 0 heterocycles. The fourth-order valence-corrected chi connectivity index (χ4v) is 2.90. The highest BCUT2D eigenvalue weighted by molar-refractivity contribution is 5.74. The highest BCUT2D eigenvalue weighted by Gasteiger charge is 2.62. The van der Waals surface area contributed by atoms with Crippen LogP contribution in [0.15, 0.2) is 30.9 Å². The van der Waals surface area contributed by atoms with Crippen LogP contribution >= 0.6 is 0 Å². The summed E-state index contributed by atoms with van der Waals surface area (Å²) in [4.78, 5) is 11.6. The standard InChI is InChI=1S/C16H20F2N2O/c1-4-7-19-14(21)20-10-16(9-15(16,2)3)12-6-5-11(17)8-13(12)18/h4-6,8H,1,7,9-10H2,2-3H3,(H2,19,20,21). The van der Waals surface area contributed by atoms with Gasteiger partial charge in [0.25, 0.3) is 0 Å². The molecule has 0 spiro atoms. The minimum Gasteiger partial charge on any atom is -0.337 e. The highest BCUT2D eigenvalue weighted by atomic mass is 19.1. The van der Waals surface area contributed by atoms with E-state index >= 15 is 0 Å². The molecule has 0 radical (unpaired) electrons. The molecule has 2 rings (SSSR count). The first-order chi connectivity index (χ1) is 9.82. The number of amides is 2. The Hall–Kier alpha value is -1.91. The Morgan fingerprint density at radius 3 is 2.57 bits per heavy atom. The first-order valence-electron chi connectivity index (χ1n) is 6.90. The molecule has 0 aromatic heterocycles. The third-order valence-electron chi connectivity index (χ3n) is 4.32. The molecule has 1 aliphatic rings. The predicted molar refractivity (Wildman–Crippen MR) is 78.0 cm³/mol. The van der Waals surface area contributed by atoms with Gasteiger partial charge in [-0.3, -0.25) is 0 Å². The third-order valence-corrected chi connectivity index (χ3v) is 4.32. The molecule has 1 atom stereocenters. The normalized spacial score (nSPS) is 22.5. The van der Waals surface area contributed by atoms with Crippen LogP contribution in [0.5, 0.6) is 0 Å². The molecule has 114 valence electrons. The van der Waals surface area contributed by atoms with Crippen LogP contribution < -0.4 is 10.6 Å². The Kier molecular flexibility index (Phi) is 4.03. The van der Waals surface area contributed by atoms with Crippen molar-refractivity contribution in [1.29, 1.82) is 0 Å². The van der Waals surface area contributed by atoms with Crippen molar-refractivity contribution in [3.05, 3.63) is 48.1 Å². The summed E-state index contributed by atoms with van der Waals surface area (Å²) in [5.41, 5.74) is -0.175.